The minimum absolute atomic E-state index is 0.171. The van der Waals surface area contributed by atoms with Gasteiger partial charge in [0.25, 0.3) is 0 Å². The van der Waals surface area contributed by atoms with Crippen LogP contribution in [0.1, 0.15) is 16.7 Å². The first kappa shape index (κ1) is 18.1. The molecule has 0 bridgehead atoms. The minimum Gasteiger partial charge on any atom is -0.478 e. The van der Waals surface area contributed by atoms with Crippen LogP contribution in [0.15, 0.2) is 56.2 Å². The average molecular weight is 286 g/mol. The molecule has 0 aliphatic carbocycles. The molecule has 0 radical (unpaired) electrons. The lowest BCUT2D eigenvalue weighted by molar-refractivity contribution is -0.133. The summed E-state index contributed by atoms with van der Waals surface area (Å²) in [7, 11) is 0. The highest BCUT2D eigenvalue weighted by Crippen LogP contribution is 2.20. The summed E-state index contributed by atoms with van der Waals surface area (Å²) < 4.78 is 0. The van der Waals surface area contributed by atoms with Crippen LogP contribution < -0.4 is 0 Å². The molecule has 0 fully saturated rings. The van der Waals surface area contributed by atoms with E-state index in [1.165, 1.54) is 0 Å². The van der Waals surface area contributed by atoms with Gasteiger partial charge in [-0.1, -0.05) is 56.7 Å². The molecule has 0 spiro atoms. The predicted molar refractivity (Wildman–Crippen MR) is 84.9 cm³/mol. The molecule has 21 heavy (non-hydrogen) atoms. The fraction of sp³-hybridized carbons (Fsp3) is 0.0588. The first-order chi connectivity index (χ1) is 9.87. The Bertz CT molecular complexity index is 582. The van der Waals surface area contributed by atoms with Crippen molar-refractivity contribution >= 4 is 24.1 Å². The van der Waals surface area contributed by atoms with Crippen molar-refractivity contribution in [3.8, 4) is 0 Å². The van der Waals surface area contributed by atoms with Gasteiger partial charge in [-0.25, -0.2) is 9.59 Å². The molecular formula is C17H18O4. The van der Waals surface area contributed by atoms with Crippen molar-refractivity contribution in [1.29, 1.82) is 0 Å². The van der Waals surface area contributed by atoms with E-state index in [1.807, 2.05) is 18.2 Å². The number of carboxylic acid groups (broad SMARTS) is 2. The Kier molecular flexibility index (Phi) is 7.85. The number of hydrogen-bond acceptors (Lipinski definition) is 2. The molecule has 0 saturated heterocycles. The Hall–Kier alpha value is -2.88. The summed E-state index contributed by atoms with van der Waals surface area (Å²) in [6.45, 7) is 13.9. The van der Waals surface area contributed by atoms with E-state index in [-0.39, 0.29) is 5.57 Å². The summed E-state index contributed by atoms with van der Waals surface area (Å²) in [5.41, 5.74) is 2.94. The molecule has 0 unspecified atom stereocenters. The van der Waals surface area contributed by atoms with Crippen LogP contribution in [0.5, 0.6) is 0 Å². The van der Waals surface area contributed by atoms with Crippen LogP contribution in [0.25, 0.3) is 12.2 Å². The van der Waals surface area contributed by atoms with Gasteiger partial charge in [0.2, 0.25) is 0 Å². The molecule has 0 atom stereocenters. The molecule has 0 aliphatic rings. The quantitative estimate of drug-likeness (QED) is 0.786. The van der Waals surface area contributed by atoms with E-state index in [9.17, 15) is 9.59 Å². The van der Waals surface area contributed by atoms with Crippen molar-refractivity contribution in [2.24, 2.45) is 0 Å². The number of aliphatic carboxylic acids is 2. The van der Waals surface area contributed by atoms with Gasteiger partial charge in [0.05, 0.1) is 0 Å². The average Bonchev–Trinajstić information content (AvgIpc) is 2.47. The fourth-order valence-electron chi connectivity index (χ4n) is 1.52. The maximum Gasteiger partial charge on any atom is 0.331 e. The molecule has 1 aromatic rings. The van der Waals surface area contributed by atoms with Gasteiger partial charge >= 0.3 is 11.9 Å². The minimum atomic E-state index is -0.981. The van der Waals surface area contributed by atoms with Gasteiger partial charge in [0, 0.05) is 18.1 Å². The third-order valence-corrected chi connectivity index (χ3v) is 2.54. The van der Waals surface area contributed by atoms with Gasteiger partial charge in [-0.15, -0.1) is 0 Å². The lowest BCUT2D eigenvalue weighted by Crippen LogP contribution is -2.03. The Labute approximate surface area is 124 Å². The molecule has 4 heteroatoms. The van der Waals surface area contributed by atoms with E-state index in [0.717, 1.165) is 22.8 Å². The van der Waals surface area contributed by atoms with Gasteiger partial charge in [-0.2, -0.15) is 0 Å². The van der Waals surface area contributed by atoms with Crippen LogP contribution in [0, 0.1) is 0 Å². The lowest BCUT2D eigenvalue weighted by Gasteiger charge is -2.09. The molecule has 0 aromatic heterocycles. The van der Waals surface area contributed by atoms with E-state index < -0.39 is 11.9 Å². The van der Waals surface area contributed by atoms with Crippen LogP contribution >= 0.6 is 0 Å². The van der Waals surface area contributed by atoms with Crippen LogP contribution in [0.4, 0.5) is 0 Å². The lowest BCUT2D eigenvalue weighted by atomic mass is 9.96. The second-order valence-electron chi connectivity index (χ2n) is 3.96. The van der Waals surface area contributed by atoms with Crippen LogP contribution in [0.3, 0.4) is 0 Å². The third-order valence-electron chi connectivity index (χ3n) is 2.54. The zero-order valence-corrected chi connectivity index (χ0v) is 11.7. The van der Waals surface area contributed by atoms with Crippen molar-refractivity contribution in [2.75, 3.05) is 0 Å². The van der Waals surface area contributed by atoms with Crippen molar-refractivity contribution in [2.45, 2.75) is 6.42 Å². The van der Waals surface area contributed by atoms with Crippen LogP contribution in [-0.4, -0.2) is 22.2 Å². The Balaban J connectivity index is 0.000000690. The van der Waals surface area contributed by atoms with E-state index in [1.54, 1.807) is 12.2 Å². The summed E-state index contributed by atoms with van der Waals surface area (Å²) in [5, 5.41) is 16.4. The van der Waals surface area contributed by atoms with Gasteiger partial charge in [0.15, 0.2) is 0 Å². The molecule has 2 N–H and O–H groups in total. The summed E-state index contributed by atoms with van der Waals surface area (Å²) in [6, 6.07) is 5.66. The number of benzene rings is 1. The Morgan fingerprint density at radius 3 is 2.05 bits per heavy atom. The molecule has 0 saturated carbocycles. The van der Waals surface area contributed by atoms with Gasteiger partial charge in [-0.05, 0) is 16.7 Å². The second kappa shape index (κ2) is 9.09. The fourth-order valence-corrected chi connectivity index (χ4v) is 1.52. The second-order valence-corrected chi connectivity index (χ2v) is 3.96. The summed E-state index contributed by atoms with van der Waals surface area (Å²) in [6.07, 6.45) is 4.59. The third kappa shape index (κ3) is 6.20. The zero-order chi connectivity index (χ0) is 16.4. The molecule has 1 aromatic carbocycles. The molecule has 0 aliphatic heterocycles. The van der Waals surface area contributed by atoms with E-state index in [2.05, 4.69) is 26.3 Å². The SMILES string of the molecule is C=CC(=O)O.C=Cc1cccc(CC(=C)C(=O)O)c1C=C. The number of carboxylic acids is 2. The largest absolute Gasteiger partial charge is 0.478 e. The van der Waals surface area contributed by atoms with Gasteiger partial charge < -0.3 is 10.2 Å². The molecule has 0 amide bonds. The highest BCUT2D eigenvalue weighted by molar-refractivity contribution is 5.86. The highest BCUT2D eigenvalue weighted by atomic mass is 16.4. The van der Waals surface area contributed by atoms with Crippen molar-refractivity contribution in [3.05, 3.63) is 72.9 Å². The standard InChI is InChI=1S/C14H14O2.C3H4O2/c1-4-11-7-6-8-12(13(11)5-2)9-10(3)14(15)16;1-2-3(4)5/h4-8H,1-3,9H2,(H,15,16);2H,1H2,(H,4,5). The van der Waals surface area contributed by atoms with Crippen LogP contribution in [0.2, 0.25) is 0 Å². The molecule has 1 rings (SSSR count). The van der Waals surface area contributed by atoms with E-state index >= 15 is 0 Å². The molecule has 0 heterocycles. The van der Waals surface area contributed by atoms with Crippen molar-refractivity contribution in [1.82, 2.24) is 0 Å². The first-order valence-electron chi connectivity index (χ1n) is 6.00. The maximum absolute atomic E-state index is 10.7. The number of carbonyl (C=O) groups is 2. The van der Waals surface area contributed by atoms with Crippen LogP contribution in [-0.2, 0) is 16.0 Å². The van der Waals surface area contributed by atoms with Crippen molar-refractivity contribution < 1.29 is 19.8 Å². The maximum atomic E-state index is 10.7. The molecule has 4 nitrogen and oxygen atoms in total. The Morgan fingerprint density at radius 2 is 1.67 bits per heavy atom. The summed E-state index contributed by atoms with van der Waals surface area (Å²) >= 11 is 0. The smallest absolute Gasteiger partial charge is 0.331 e. The number of rotatable bonds is 6. The molecule has 110 valence electrons. The van der Waals surface area contributed by atoms with Crippen molar-refractivity contribution in [3.63, 3.8) is 0 Å². The van der Waals surface area contributed by atoms with E-state index in [0.29, 0.717) is 6.42 Å². The summed E-state index contributed by atoms with van der Waals surface area (Å²) in [5.74, 6) is -1.95. The van der Waals surface area contributed by atoms with Gasteiger partial charge in [0.1, 0.15) is 0 Å². The Morgan fingerprint density at radius 1 is 1.10 bits per heavy atom. The monoisotopic (exact) mass is 286 g/mol. The van der Waals surface area contributed by atoms with E-state index in [4.69, 9.17) is 10.2 Å². The predicted octanol–water partition coefficient (Wildman–Crippen LogP) is 3.41. The normalized spacial score (nSPS) is 8.76. The molecular weight excluding hydrogens is 268 g/mol. The first-order valence-corrected chi connectivity index (χ1v) is 6.00. The topological polar surface area (TPSA) is 74.6 Å². The summed E-state index contributed by atoms with van der Waals surface area (Å²) in [4.78, 5) is 20.0. The number of hydrogen-bond donors (Lipinski definition) is 2. The van der Waals surface area contributed by atoms with Gasteiger partial charge in [-0.3, -0.25) is 0 Å². The zero-order valence-electron chi connectivity index (χ0n) is 11.7. The highest BCUT2D eigenvalue weighted by Gasteiger charge is 2.09.